The number of esters is 1. The van der Waals surface area contributed by atoms with Crippen LogP contribution >= 0.6 is 0 Å². The molecule has 0 aliphatic carbocycles. The maximum absolute atomic E-state index is 11.7. The van der Waals surface area contributed by atoms with Gasteiger partial charge >= 0.3 is 5.97 Å². The summed E-state index contributed by atoms with van der Waals surface area (Å²) in [6, 6.07) is 7.43. The number of carbonyl (C=O) groups excluding carboxylic acids is 1. The van der Waals surface area contributed by atoms with Crippen LogP contribution in [0.15, 0.2) is 36.7 Å². The van der Waals surface area contributed by atoms with E-state index in [-0.39, 0.29) is 5.97 Å². The highest BCUT2D eigenvalue weighted by atomic mass is 16.5. The van der Waals surface area contributed by atoms with Gasteiger partial charge in [-0.2, -0.15) is 5.10 Å². The normalized spacial score (nSPS) is 10.7. The van der Waals surface area contributed by atoms with Crippen molar-refractivity contribution in [1.29, 1.82) is 0 Å². The largest absolute Gasteiger partial charge is 0.465 e. The lowest BCUT2D eigenvalue weighted by atomic mass is 10.1. The van der Waals surface area contributed by atoms with Crippen LogP contribution in [0.3, 0.4) is 0 Å². The molecule has 0 radical (unpaired) electrons. The Morgan fingerprint density at radius 2 is 2.11 bits per heavy atom. The Bertz CT molecular complexity index is 573. The van der Waals surface area contributed by atoms with Crippen LogP contribution < -0.4 is 0 Å². The summed E-state index contributed by atoms with van der Waals surface area (Å²) in [5.74, 6) is 0.136. The summed E-state index contributed by atoms with van der Waals surface area (Å²) in [5, 5.41) is 4.32. The number of aromatic nitrogens is 2. The van der Waals surface area contributed by atoms with Crippen molar-refractivity contribution >= 4 is 5.97 Å². The summed E-state index contributed by atoms with van der Waals surface area (Å²) in [7, 11) is 1.39. The molecule has 0 aliphatic heterocycles. The molecule has 1 aromatic heterocycles. The van der Waals surface area contributed by atoms with Gasteiger partial charge in [-0.25, -0.2) is 4.79 Å². The second-order valence-corrected chi connectivity index (χ2v) is 4.77. The summed E-state index contributed by atoms with van der Waals surface area (Å²) >= 11 is 0. The van der Waals surface area contributed by atoms with E-state index < -0.39 is 0 Å². The number of nitrogens with zero attached hydrogens (tertiary/aromatic N) is 2. The highest BCUT2D eigenvalue weighted by Crippen LogP contribution is 2.15. The fourth-order valence-electron chi connectivity index (χ4n) is 1.91. The number of rotatable bonds is 4. The predicted octanol–water partition coefficient (Wildman–Crippen LogP) is 2.84. The van der Waals surface area contributed by atoms with Crippen LogP contribution in [0.1, 0.15) is 41.3 Å². The maximum atomic E-state index is 11.7. The third kappa shape index (κ3) is 3.02. The van der Waals surface area contributed by atoms with E-state index in [9.17, 15) is 4.79 Å². The minimum Gasteiger partial charge on any atom is -0.465 e. The molecule has 2 rings (SSSR count). The Morgan fingerprint density at radius 1 is 1.37 bits per heavy atom. The van der Waals surface area contributed by atoms with Crippen LogP contribution in [0.2, 0.25) is 0 Å². The average molecular weight is 258 g/mol. The van der Waals surface area contributed by atoms with Gasteiger partial charge in [0.25, 0.3) is 0 Å². The van der Waals surface area contributed by atoms with Crippen LogP contribution in [0.4, 0.5) is 0 Å². The molecule has 0 bridgehead atoms. The fraction of sp³-hybridized carbons (Fsp3) is 0.333. The van der Waals surface area contributed by atoms with Crippen LogP contribution in [0, 0.1) is 0 Å². The van der Waals surface area contributed by atoms with Crippen molar-refractivity contribution < 1.29 is 9.53 Å². The average Bonchev–Trinajstić information content (AvgIpc) is 2.87. The van der Waals surface area contributed by atoms with Gasteiger partial charge in [0.1, 0.15) is 0 Å². The van der Waals surface area contributed by atoms with Gasteiger partial charge in [0.05, 0.1) is 25.4 Å². The van der Waals surface area contributed by atoms with Gasteiger partial charge in [0, 0.05) is 6.20 Å². The van der Waals surface area contributed by atoms with Crippen LogP contribution in [0.5, 0.6) is 0 Å². The SMILES string of the molecule is COC(=O)c1ccccc1Cn1cc(C(C)C)cn1. The Hall–Kier alpha value is -2.10. The molecular formula is C15H18N2O2. The molecule has 1 heterocycles. The van der Waals surface area contributed by atoms with Gasteiger partial charge in [0.2, 0.25) is 0 Å². The zero-order chi connectivity index (χ0) is 13.8. The molecule has 19 heavy (non-hydrogen) atoms. The standard InChI is InChI=1S/C15H18N2O2/c1-11(2)13-8-16-17(10-13)9-12-6-4-5-7-14(12)15(18)19-3/h4-8,10-11H,9H2,1-3H3. The van der Waals surface area contributed by atoms with E-state index in [0.29, 0.717) is 18.0 Å². The predicted molar refractivity (Wildman–Crippen MR) is 73.2 cm³/mol. The number of benzene rings is 1. The van der Waals surface area contributed by atoms with E-state index in [0.717, 1.165) is 5.56 Å². The van der Waals surface area contributed by atoms with Crippen molar-refractivity contribution in [2.75, 3.05) is 7.11 Å². The molecule has 100 valence electrons. The second kappa shape index (κ2) is 5.69. The number of hydrogen-bond donors (Lipinski definition) is 0. The Morgan fingerprint density at radius 3 is 2.74 bits per heavy atom. The molecule has 1 aromatic carbocycles. The molecule has 0 N–H and O–H groups in total. The molecule has 0 aliphatic rings. The van der Waals surface area contributed by atoms with Gasteiger partial charge in [0.15, 0.2) is 0 Å². The highest BCUT2D eigenvalue weighted by Gasteiger charge is 2.12. The second-order valence-electron chi connectivity index (χ2n) is 4.77. The fourth-order valence-corrected chi connectivity index (χ4v) is 1.91. The number of methoxy groups -OCH3 is 1. The summed E-state index contributed by atoms with van der Waals surface area (Å²) in [5.41, 5.74) is 2.69. The number of ether oxygens (including phenoxy) is 1. The van der Waals surface area contributed by atoms with Crippen molar-refractivity contribution in [2.24, 2.45) is 0 Å². The number of carbonyl (C=O) groups is 1. The first kappa shape index (κ1) is 13.3. The van der Waals surface area contributed by atoms with E-state index in [4.69, 9.17) is 4.74 Å². The molecule has 0 fully saturated rings. The lowest BCUT2D eigenvalue weighted by Gasteiger charge is -2.07. The van der Waals surface area contributed by atoms with Crippen LogP contribution in [-0.4, -0.2) is 22.9 Å². The summed E-state index contributed by atoms with van der Waals surface area (Å²) in [4.78, 5) is 11.7. The van der Waals surface area contributed by atoms with Gasteiger partial charge in [-0.1, -0.05) is 32.0 Å². The molecule has 0 unspecified atom stereocenters. The number of hydrogen-bond acceptors (Lipinski definition) is 3. The van der Waals surface area contributed by atoms with Crippen molar-refractivity contribution in [3.63, 3.8) is 0 Å². The van der Waals surface area contributed by atoms with E-state index in [1.165, 1.54) is 12.7 Å². The molecule has 2 aromatic rings. The highest BCUT2D eigenvalue weighted by molar-refractivity contribution is 5.90. The Kier molecular flexibility index (Phi) is 4.00. The zero-order valence-corrected chi connectivity index (χ0v) is 11.5. The van der Waals surface area contributed by atoms with Crippen molar-refractivity contribution in [3.05, 3.63) is 53.3 Å². The molecule has 4 heteroatoms. The van der Waals surface area contributed by atoms with Gasteiger partial charge in [-0.05, 0) is 23.1 Å². The monoisotopic (exact) mass is 258 g/mol. The maximum Gasteiger partial charge on any atom is 0.338 e. The summed E-state index contributed by atoms with van der Waals surface area (Å²) in [6.45, 7) is 4.82. The molecule has 0 saturated heterocycles. The molecule has 0 spiro atoms. The van der Waals surface area contributed by atoms with Crippen molar-refractivity contribution in [3.8, 4) is 0 Å². The Balaban J connectivity index is 2.25. The zero-order valence-electron chi connectivity index (χ0n) is 11.5. The van der Waals surface area contributed by atoms with Gasteiger partial charge in [-0.3, -0.25) is 4.68 Å². The molecule has 0 atom stereocenters. The lowest BCUT2D eigenvalue weighted by molar-refractivity contribution is 0.0599. The minimum absolute atomic E-state index is 0.313. The molecule has 0 amide bonds. The minimum atomic E-state index is -0.313. The lowest BCUT2D eigenvalue weighted by Crippen LogP contribution is -2.09. The third-order valence-electron chi connectivity index (χ3n) is 3.07. The molecule has 0 saturated carbocycles. The van der Waals surface area contributed by atoms with E-state index in [2.05, 4.69) is 18.9 Å². The first-order valence-electron chi connectivity index (χ1n) is 6.30. The first-order valence-corrected chi connectivity index (χ1v) is 6.30. The molecule has 4 nitrogen and oxygen atoms in total. The van der Waals surface area contributed by atoms with Crippen molar-refractivity contribution in [1.82, 2.24) is 9.78 Å². The first-order chi connectivity index (χ1) is 9.11. The topological polar surface area (TPSA) is 44.1 Å². The summed E-state index contributed by atoms with van der Waals surface area (Å²) in [6.07, 6.45) is 3.88. The van der Waals surface area contributed by atoms with Crippen LogP contribution in [0.25, 0.3) is 0 Å². The van der Waals surface area contributed by atoms with Crippen molar-refractivity contribution in [2.45, 2.75) is 26.3 Å². The van der Waals surface area contributed by atoms with Crippen LogP contribution in [-0.2, 0) is 11.3 Å². The van der Waals surface area contributed by atoms with E-state index in [1.807, 2.05) is 35.3 Å². The Labute approximate surface area is 113 Å². The third-order valence-corrected chi connectivity index (χ3v) is 3.07. The quantitative estimate of drug-likeness (QED) is 0.792. The van der Waals surface area contributed by atoms with Gasteiger partial charge < -0.3 is 4.74 Å². The van der Waals surface area contributed by atoms with Gasteiger partial charge in [-0.15, -0.1) is 0 Å². The summed E-state index contributed by atoms with van der Waals surface area (Å²) < 4.78 is 6.63. The molecular weight excluding hydrogens is 240 g/mol. The smallest absolute Gasteiger partial charge is 0.338 e. The van der Waals surface area contributed by atoms with E-state index in [1.54, 1.807) is 6.07 Å². The van der Waals surface area contributed by atoms with E-state index >= 15 is 0 Å².